The maximum absolute atomic E-state index is 3.82. The van der Waals surface area contributed by atoms with Crippen molar-refractivity contribution in [2.45, 2.75) is 13.3 Å². The highest BCUT2D eigenvalue weighted by molar-refractivity contribution is 5.59. The van der Waals surface area contributed by atoms with Gasteiger partial charge < -0.3 is 5.32 Å². The Morgan fingerprint density at radius 3 is 2.88 bits per heavy atom. The van der Waals surface area contributed by atoms with E-state index < -0.39 is 0 Å². The van der Waals surface area contributed by atoms with Crippen molar-refractivity contribution < 1.29 is 0 Å². The molecule has 2 heteroatoms. The molecule has 8 heavy (non-hydrogen) atoms. The first kappa shape index (κ1) is 7.63. The fourth-order valence-electron chi connectivity index (χ4n) is 0.435. The summed E-state index contributed by atoms with van der Waals surface area (Å²) in [5.74, 6) is 0. The Morgan fingerprint density at radius 1 is 1.62 bits per heavy atom. The van der Waals surface area contributed by atoms with Gasteiger partial charge in [0.2, 0.25) is 0 Å². The zero-order valence-corrected chi connectivity index (χ0v) is 5.65. The number of hydrogen-bond acceptors (Lipinski definition) is 2. The van der Waals surface area contributed by atoms with Gasteiger partial charge >= 0.3 is 0 Å². The average Bonchev–Trinajstić information content (AvgIpc) is 1.81. The lowest BCUT2D eigenvalue weighted by atomic mass is 10.5. The minimum absolute atomic E-state index is 0.907. The van der Waals surface area contributed by atoms with Gasteiger partial charge in [0.1, 0.15) is 0 Å². The van der Waals surface area contributed by atoms with E-state index in [0.717, 1.165) is 13.1 Å². The van der Waals surface area contributed by atoms with Crippen LogP contribution in [0.15, 0.2) is 4.99 Å². The number of rotatable bonds is 4. The molecular weight excluding hydrogens is 100 g/mol. The molecule has 0 unspecified atom stereocenters. The first-order valence-electron chi connectivity index (χ1n) is 3.03. The maximum atomic E-state index is 3.82. The first-order valence-corrected chi connectivity index (χ1v) is 3.03. The maximum Gasteiger partial charge on any atom is 0.0304 e. The van der Waals surface area contributed by atoms with E-state index in [-0.39, 0.29) is 0 Å². The zero-order chi connectivity index (χ0) is 6.24. The summed E-state index contributed by atoms with van der Waals surface area (Å²) in [6.07, 6.45) is 3.06. The smallest absolute Gasteiger partial charge is 0.0304 e. The van der Waals surface area contributed by atoms with Crippen LogP contribution in [0.3, 0.4) is 0 Å². The van der Waals surface area contributed by atoms with Crippen molar-refractivity contribution in [3.05, 3.63) is 0 Å². The highest BCUT2D eigenvalue weighted by Crippen LogP contribution is 1.66. The molecule has 0 saturated heterocycles. The average molecular weight is 114 g/mol. The summed E-state index contributed by atoms with van der Waals surface area (Å²) < 4.78 is 0. The van der Waals surface area contributed by atoms with E-state index in [1.54, 1.807) is 7.05 Å². The summed E-state index contributed by atoms with van der Waals surface area (Å²) in [6.45, 7) is 4.15. The van der Waals surface area contributed by atoms with Crippen LogP contribution in [0.2, 0.25) is 0 Å². The molecule has 0 amide bonds. The van der Waals surface area contributed by atoms with E-state index in [0.29, 0.717) is 0 Å². The number of hydrogen-bond donors (Lipinski definition) is 1. The van der Waals surface area contributed by atoms with Crippen molar-refractivity contribution in [1.82, 2.24) is 5.32 Å². The van der Waals surface area contributed by atoms with E-state index in [2.05, 4.69) is 17.2 Å². The van der Waals surface area contributed by atoms with Gasteiger partial charge in [-0.3, -0.25) is 4.99 Å². The monoisotopic (exact) mass is 114 g/mol. The van der Waals surface area contributed by atoms with Gasteiger partial charge in [-0.05, 0) is 13.0 Å². The van der Waals surface area contributed by atoms with Crippen LogP contribution in [0.4, 0.5) is 0 Å². The first-order chi connectivity index (χ1) is 3.91. The largest absolute Gasteiger partial charge is 0.312 e. The molecule has 0 aliphatic carbocycles. The van der Waals surface area contributed by atoms with Crippen molar-refractivity contribution in [3.8, 4) is 0 Å². The third-order valence-corrected chi connectivity index (χ3v) is 0.845. The molecule has 0 radical (unpaired) electrons. The van der Waals surface area contributed by atoms with Gasteiger partial charge in [-0.2, -0.15) is 0 Å². The number of nitrogens with zero attached hydrogens (tertiary/aromatic N) is 1. The van der Waals surface area contributed by atoms with Gasteiger partial charge in [0.25, 0.3) is 0 Å². The second-order valence-corrected chi connectivity index (χ2v) is 1.64. The van der Waals surface area contributed by atoms with E-state index in [1.165, 1.54) is 6.42 Å². The fraction of sp³-hybridized carbons (Fsp3) is 0.833. The highest BCUT2D eigenvalue weighted by atomic mass is 14.9. The van der Waals surface area contributed by atoms with Gasteiger partial charge in [0.05, 0.1) is 0 Å². The van der Waals surface area contributed by atoms with Crippen LogP contribution >= 0.6 is 0 Å². The summed E-state index contributed by atoms with van der Waals surface area (Å²) in [7, 11) is 1.79. The van der Waals surface area contributed by atoms with E-state index in [1.807, 2.05) is 6.21 Å². The molecule has 0 spiro atoms. The van der Waals surface area contributed by atoms with Gasteiger partial charge in [0, 0.05) is 19.8 Å². The standard InChI is InChI=1S/C6H14N2/c1-3-4-8-6-5-7-2/h5,8H,3-4,6H2,1-2H3/b7-5-. The molecule has 1 N–H and O–H groups in total. The third kappa shape index (κ3) is 5.63. The molecule has 0 bridgehead atoms. The van der Waals surface area contributed by atoms with Crippen LogP contribution in [-0.2, 0) is 0 Å². The van der Waals surface area contributed by atoms with Gasteiger partial charge in [-0.15, -0.1) is 0 Å². The Balaban J connectivity index is 2.72. The zero-order valence-electron chi connectivity index (χ0n) is 5.65. The number of aliphatic imine (C=N–C) groups is 1. The van der Waals surface area contributed by atoms with Crippen molar-refractivity contribution in [1.29, 1.82) is 0 Å². The van der Waals surface area contributed by atoms with Crippen LogP contribution in [0, 0.1) is 0 Å². The van der Waals surface area contributed by atoms with Crippen LogP contribution < -0.4 is 5.32 Å². The van der Waals surface area contributed by atoms with Gasteiger partial charge in [-0.1, -0.05) is 6.92 Å². The van der Waals surface area contributed by atoms with Gasteiger partial charge in [0.15, 0.2) is 0 Å². The molecule has 0 saturated carbocycles. The summed E-state index contributed by atoms with van der Waals surface area (Å²) in [6, 6.07) is 0. The lowest BCUT2D eigenvalue weighted by Crippen LogP contribution is -2.16. The SMILES string of the molecule is CCCNC/C=N\C. The normalized spacial score (nSPS) is 10.8. The Hall–Kier alpha value is -0.370. The highest BCUT2D eigenvalue weighted by Gasteiger charge is 1.75. The second-order valence-electron chi connectivity index (χ2n) is 1.64. The van der Waals surface area contributed by atoms with Crippen LogP contribution in [-0.4, -0.2) is 26.4 Å². The molecule has 0 atom stereocenters. The lowest BCUT2D eigenvalue weighted by molar-refractivity contribution is 0.745. The number of nitrogens with one attached hydrogen (secondary N) is 1. The molecule has 0 fully saturated rings. The molecule has 0 aliphatic heterocycles. The van der Waals surface area contributed by atoms with Crippen molar-refractivity contribution in [3.63, 3.8) is 0 Å². The van der Waals surface area contributed by atoms with Crippen LogP contribution in [0.5, 0.6) is 0 Å². The van der Waals surface area contributed by atoms with E-state index >= 15 is 0 Å². The van der Waals surface area contributed by atoms with Crippen molar-refractivity contribution in [2.24, 2.45) is 4.99 Å². The second kappa shape index (κ2) is 6.63. The lowest BCUT2D eigenvalue weighted by Gasteiger charge is -1.93. The fourth-order valence-corrected chi connectivity index (χ4v) is 0.435. The molecule has 0 rings (SSSR count). The Kier molecular flexibility index (Phi) is 6.32. The molecule has 0 aliphatic rings. The molecule has 0 heterocycles. The minimum Gasteiger partial charge on any atom is -0.312 e. The molecule has 48 valence electrons. The third-order valence-electron chi connectivity index (χ3n) is 0.845. The van der Waals surface area contributed by atoms with Gasteiger partial charge in [-0.25, -0.2) is 0 Å². The molecule has 0 aromatic carbocycles. The molecule has 0 aromatic heterocycles. The van der Waals surface area contributed by atoms with Crippen molar-refractivity contribution in [2.75, 3.05) is 20.1 Å². The summed E-state index contributed by atoms with van der Waals surface area (Å²) >= 11 is 0. The molecule has 2 nitrogen and oxygen atoms in total. The quantitative estimate of drug-likeness (QED) is 0.422. The molecule has 0 aromatic rings. The predicted octanol–water partition coefficient (Wildman–Crippen LogP) is 0.687. The summed E-state index contributed by atoms with van der Waals surface area (Å²) in [5, 5.41) is 3.19. The van der Waals surface area contributed by atoms with Crippen molar-refractivity contribution >= 4 is 6.21 Å². The van der Waals surface area contributed by atoms with E-state index in [9.17, 15) is 0 Å². The van der Waals surface area contributed by atoms with Crippen LogP contribution in [0.25, 0.3) is 0 Å². The Morgan fingerprint density at radius 2 is 2.38 bits per heavy atom. The Labute approximate surface area is 51.0 Å². The topological polar surface area (TPSA) is 24.4 Å². The van der Waals surface area contributed by atoms with E-state index in [4.69, 9.17) is 0 Å². The summed E-state index contributed by atoms with van der Waals surface area (Å²) in [5.41, 5.74) is 0. The molecular formula is C6H14N2. The van der Waals surface area contributed by atoms with Crippen LogP contribution in [0.1, 0.15) is 13.3 Å². The summed E-state index contributed by atoms with van der Waals surface area (Å²) in [4.78, 5) is 3.82. The predicted molar refractivity (Wildman–Crippen MR) is 37.6 cm³/mol. The minimum atomic E-state index is 0.907. The Bertz CT molecular complexity index is 59.5.